The Hall–Kier alpha value is -2.96. The highest BCUT2D eigenvalue weighted by molar-refractivity contribution is 6.30. The number of carbonyl (C=O) groups excluding carboxylic acids is 1. The largest absolute Gasteiger partial charge is 0.451 e. The second-order valence-electron chi connectivity index (χ2n) is 9.69. The molecule has 0 saturated carbocycles. The molecule has 34 heavy (non-hydrogen) atoms. The fourth-order valence-electron chi connectivity index (χ4n) is 4.40. The van der Waals surface area contributed by atoms with Gasteiger partial charge in [0.25, 0.3) is 0 Å². The van der Waals surface area contributed by atoms with Gasteiger partial charge in [0, 0.05) is 32.9 Å². The van der Waals surface area contributed by atoms with E-state index in [4.69, 9.17) is 25.7 Å². The summed E-state index contributed by atoms with van der Waals surface area (Å²) in [4.78, 5) is 22.2. The molecule has 178 valence electrons. The first-order valence-electron chi connectivity index (χ1n) is 11.3. The van der Waals surface area contributed by atoms with Crippen molar-refractivity contribution in [3.8, 4) is 11.1 Å². The van der Waals surface area contributed by atoms with E-state index in [2.05, 4.69) is 23.4 Å². The summed E-state index contributed by atoms with van der Waals surface area (Å²) in [6.07, 6.45) is 2.33. The number of oxazole rings is 1. The number of rotatable bonds is 6. The molecule has 0 aliphatic rings. The molecule has 4 rings (SSSR count). The van der Waals surface area contributed by atoms with Crippen LogP contribution in [-0.2, 0) is 16.1 Å². The van der Waals surface area contributed by atoms with Crippen molar-refractivity contribution in [1.29, 1.82) is 0 Å². The van der Waals surface area contributed by atoms with Crippen molar-refractivity contribution in [3.63, 3.8) is 0 Å². The van der Waals surface area contributed by atoms with E-state index in [0.29, 0.717) is 11.6 Å². The quantitative estimate of drug-likeness (QED) is 0.305. The minimum Gasteiger partial charge on any atom is -0.451 e. The zero-order valence-corrected chi connectivity index (χ0v) is 21.4. The summed E-state index contributed by atoms with van der Waals surface area (Å²) >= 11 is 6.22. The number of ketones is 1. The fourth-order valence-corrected chi connectivity index (χ4v) is 4.53. The second kappa shape index (κ2) is 9.01. The Kier molecular flexibility index (Phi) is 6.40. The average molecular weight is 480 g/mol. The Balaban J connectivity index is 2.09. The maximum absolute atomic E-state index is 12.9. The van der Waals surface area contributed by atoms with Crippen molar-refractivity contribution in [3.05, 3.63) is 70.2 Å². The minimum absolute atomic E-state index is 0.0641. The van der Waals surface area contributed by atoms with Gasteiger partial charge in [-0.15, -0.1) is 0 Å². The lowest BCUT2D eigenvalue weighted by atomic mass is 9.90. The van der Waals surface area contributed by atoms with Crippen LogP contribution >= 0.6 is 11.6 Å². The fraction of sp³-hybridized carbons (Fsp3) is 0.370. The molecule has 4 aromatic rings. The van der Waals surface area contributed by atoms with Crippen LogP contribution in [0.1, 0.15) is 62.0 Å². The molecule has 0 saturated heterocycles. The normalized spacial score (nSPS) is 12.9. The van der Waals surface area contributed by atoms with Crippen molar-refractivity contribution >= 4 is 28.4 Å². The Morgan fingerprint density at radius 1 is 1.18 bits per heavy atom. The minimum atomic E-state index is -0.749. The summed E-state index contributed by atoms with van der Waals surface area (Å²) in [6.45, 7) is 14.1. The van der Waals surface area contributed by atoms with E-state index in [-0.39, 0.29) is 5.78 Å². The molecule has 0 aliphatic heterocycles. The van der Waals surface area contributed by atoms with Gasteiger partial charge in [0.2, 0.25) is 0 Å². The number of aryl methyl sites for hydroxylation is 2. The van der Waals surface area contributed by atoms with E-state index >= 15 is 0 Å². The number of Topliss-reactive ketones (excluding diaryl/α,β-unsaturated/α-hetero) is 1. The molecule has 0 amide bonds. The smallest absolute Gasteiger partial charge is 0.180 e. The molecule has 0 unspecified atom stereocenters. The van der Waals surface area contributed by atoms with Crippen LogP contribution in [0.15, 0.2) is 41.3 Å². The van der Waals surface area contributed by atoms with E-state index in [1.807, 2.05) is 52.0 Å². The molecule has 0 radical (unpaired) electrons. The molecule has 1 atom stereocenters. The molecule has 0 spiro atoms. The summed E-state index contributed by atoms with van der Waals surface area (Å²) in [5.74, 6) is -0.0641. The first-order chi connectivity index (χ1) is 16.0. The predicted octanol–water partition coefficient (Wildman–Crippen LogP) is 6.76. The van der Waals surface area contributed by atoms with Gasteiger partial charge in [-0.25, -0.2) is 9.97 Å². The zero-order chi connectivity index (χ0) is 24.8. The summed E-state index contributed by atoms with van der Waals surface area (Å²) < 4.78 is 13.6. The summed E-state index contributed by atoms with van der Waals surface area (Å²) in [7, 11) is 0. The molecule has 1 aromatic carbocycles. The van der Waals surface area contributed by atoms with Crippen LogP contribution in [0.3, 0.4) is 0 Å². The number of nitrogens with zero attached hydrogens (tertiary/aromatic N) is 3. The monoisotopic (exact) mass is 479 g/mol. The van der Waals surface area contributed by atoms with Crippen LogP contribution in [0.5, 0.6) is 0 Å². The van der Waals surface area contributed by atoms with Crippen molar-refractivity contribution in [1.82, 2.24) is 14.5 Å². The number of benzene rings is 1. The molecule has 7 heteroatoms. The Labute approximate surface area is 204 Å². The molecule has 0 N–H and O–H groups in total. The van der Waals surface area contributed by atoms with Gasteiger partial charge in [-0.2, -0.15) is 0 Å². The third kappa shape index (κ3) is 4.52. The Morgan fingerprint density at radius 2 is 1.85 bits per heavy atom. The van der Waals surface area contributed by atoms with E-state index in [1.165, 1.54) is 6.39 Å². The van der Waals surface area contributed by atoms with Crippen LogP contribution in [0.2, 0.25) is 5.02 Å². The molecule has 0 fully saturated rings. The standard InChI is InChI=1S/C27H30ClN3O3/c1-15-17(3)31(12-21-13-33-14-29-21)26-22(15)24(19-8-10-20(28)11-9-19)23(16(2)30-26)25(18(4)32)34-27(5,6)7/h8-11,13-14,25H,12H2,1-7H3/t25-/m1/s1. The van der Waals surface area contributed by atoms with E-state index < -0.39 is 11.7 Å². The first-order valence-corrected chi connectivity index (χ1v) is 11.7. The molecule has 0 bridgehead atoms. The lowest BCUT2D eigenvalue weighted by Gasteiger charge is -2.29. The van der Waals surface area contributed by atoms with E-state index in [0.717, 1.165) is 50.4 Å². The summed E-state index contributed by atoms with van der Waals surface area (Å²) in [6, 6.07) is 7.70. The maximum Gasteiger partial charge on any atom is 0.180 e. The van der Waals surface area contributed by atoms with Crippen molar-refractivity contribution in [2.45, 2.75) is 66.7 Å². The highest BCUT2D eigenvalue weighted by Gasteiger charge is 2.32. The number of pyridine rings is 1. The van der Waals surface area contributed by atoms with Gasteiger partial charge in [0.15, 0.2) is 12.2 Å². The number of fused-ring (bicyclic) bond motifs is 1. The molecule has 3 heterocycles. The number of hydrogen-bond donors (Lipinski definition) is 0. The van der Waals surface area contributed by atoms with E-state index in [9.17, 15) is 4.79 Å². The van der Waals surface area contributed by atoms with Gasteiger partial charge < -0.3 is 13.7 Å². The van der Waals surface area contributed by atoms with Gasteiger partial charge in [0.1, 0.15) is 18.0 Å². The first kappa shape index (κ1) is 24.2. The van der Waals surface area contributed by atoms with Crippen LogP contribution in [0.4, 0.5) is 0 Å². The van der Waals surface area contributed by atoms with Crippen LogP contribution in [0.25, 0.3) is 22.2 Å². The van der Waals surface area contributed by atoms with Crippen molar-refractivity contribution in [2.24, 2.45) is 0 Å². The number of aromatic nitrogens is 3. The van der Waals surface area contributed by atoms with Crippen molar-refractivity contribution < 1.29 is 13.9 Å². The summed E-state index contributed by atoms with van der Waals surface area (Å²) in [5, 5.41) is 1.64. The SMILES string of the molecule is CC(=O)[C@@H](OC(C)(C)C)c1c(C)nc2c(c(C)c(C)n2Cc2cocn2)c1-c1ccc(Cl)cc1. The number of halogens is 1. The topological polar surface area (TPSA) is 70.2 Å². The van der Waals surface area contributed by atoms with Crippen LogP contribution in [-0.4, -0.2) is 25.9 Å². The van der Waals surface area contributed by atoms with Crippen LogP contribution in [0, 0.1) is 20.8 Å². The molecular weight excluding hydrogens is 450 g/mol. The van der Waals surface area contributed by atoms with Crippen LogP contribution < -0.4 is 0 Å². The van der Waals surface area contributed by atoms with Crippen molar-refractivity contribution in [2.75, 3.05) is 0 Å². The van der Waals surface area contributed by atoms with Gasteiger partial charge in [-0.3, -0.25) is 4.79 Å². The summed E-state index contributed by atoms with van der Waals surface area (Å²) in [5.41, 5.74) is 6.75. The van der Waals surface area contributed by atoms with Gasteiger partial charge in [-0.1, -0.05) is 23.7 Å². The average Bonchev–Trinajstić information content (AvgIpc) is 3.34. The molecule has 0 aliphatic carbocycles. The molecular formula is C27H30ClN3O3. The third-order valence-electron chi connectivity index (χ3n) is 6.02. The zero-order valence-electron chi connectivity index (χ0n) is 20.7. The predicted molar refractivity (Wildman–Crippen MR) is 134 cm³/mol. The third-order valence-corrected chi connectivity index (χ3v) is 6.28. The maximum atomic E-state index is 12.9. The lowest BCUT2D eigenvalue weighted by molar-refractivity contribution is -0.138. The van der Waals surface area contributed by atoms with Gasteiger partial charge in [-0.05, 0) is 71.7 Å². The molecule has 6 nitrogen and oxygen atoms in total. The number of carbonyl (C=O) groups is 1. The second-order valence-corrected chi connectivity index (χ2v) is 10.1. The van der Waals surface area contributed by atoms with Gasteiger partial charge in [0.05, 0.1) is 17.8 Å². The Bertz CT molecular complexity index is 1350. The van der Waals surface area contributed by atoms with Gasteiger partial charge >= 0.3 is 0 Å². The lowest BCUT2D eigenvalue weighted by Crippen LogP contribution is -2.27. The molecule has 3 aromatic heterocycles. The highest BCUT2D eigenvalue weighted by atomic mass is 35.5. The number of hydrogen-bond acceptors (Lipinski definition) is 5. The number of ether oxygens (including phenoxy) is 1. The Morgan fingerprint density at radius 3 is 2.41 bits per heavy atom. The highest BCUT2D eigenvalue weighted by Crippen LogP contribution is 2.42. The van der Waals surface area contributed by atoms with E-state index in [1.54, 1.807) is 13.2 Å².